The van der Waals surface area contributed by atoms with Crippen LogP contribution in [-0.4, -0.2) is 9.97 Å². The molecule has 3 aromatic rings. The van der Waals surface area contributed by atoms with E-state index in [1.165, 1.54) is 16.7 Å². The van der Waals surface area contributed by atoms with Crippen LogP contribution in [-0.2, 0) is 11.5 Å². The summed E-state index contributed by atoms with van der Waals surface area (Å²) in [6.45, 7) is 0. The first-order valence-electron chi connectivity index (χ1n) is 6.63. The quantitative estimate of drug-likeness (QED) is 0.745. The molecule has 1 aromatic heterocycles. The van der Waals surface area contributed by atoms with E-state index in [-0.39, 0.29) is 0 Å². The number of aromatic amines is 1. The van der Waals surface area contributed by atoms with E-state index in [1.807, 2.05) is 18.0 Å². The van der Waals surface area contributed by atoms with Crippen molar-refractivity contribution in [1.29, 1.82) is 0 Å². The van der Waals surface area contributed by atoms with Crippen LogP contribution in [0.2, 0.25) is 0 Å². The third-order valence-corrected chi connectivity index (χ3v) is 4.19. The molecule has 0 aliphatic carbocycles. The number of thioether (sulfide) groups is 1. The van der Waals surface area contributed by atoms with Gasteiger partial charge in [0.2, 0.25) is 0 Å². The van der Waals surface area contributed by atoms with Crippen LogP contribution in [0, 0.1) is 0 Å². The van der Waals surface area contributed by atoms with E-state index >= 15 is 0 Å². The van der Waals surface area contributed by atoms with Crippen molar-refractivity contribution in [2.45, 2.75) is 11.5 Å². The third kappa shape index (κ3) is 3.11. The minimum absolute atomic E-state index is 0.945. The molecule has 2 nitrogen and oxygen atoms in total. The maximum atomic E-state index is 4.35. The molecule has 0 amide bonds. The molecule has 100 valence electrons. The van der Waals surface area contributed by atoms with Crippen molar-refractivity contribution in [2.24, 2.45) is 0 Å². The summed E-state index contributed by atoms with van der Waals surface area (Å²) in [5, 5.41) is 0. The van der Waals surface area contributed by atoms with Crippen LogP contribution in [0.4, 0.5) is 0 Å². The van der Waals surface area contributed by atoms with Gasteiger partial charge in [0.15, 0.2) is 0 Å². The monoisotopic (exact) mass is 280 g/mol. The Labute approximate surface area is 123 Å². The van der Waals surface area contributed by atoms with Gasteiger partial charge in [-0.2, -0.15) is 11.8 Å². The Bertz CT molecular complexity index is 648. The van der Waals surface area contributed by atoms with Crippen LogP contribution in [0.3, 0.4) is 0 Å². The number of H-pyrrole nitrogens is 1. The van der Waals surface area contributed by atoms with Gasteiger partial charge in [-0.1, -0.05) is 54.6 Å². The molecule has 0 fully saturated rings. The van der Waals surface area contributed by atoms with Crippen LogP contribution in [0.1, 0.15) is 11.1 Å². The van der Waals surface area contributed by atoms with Gasteiger partial charge in [-0.3, -0.25) is 0 Å². The number of imidazole rings is 1. The summed E-state index contributed by atoms with van der Waals surface area (Å²) in [6, 6.07) is 19.0. The normalized spacial score (nSPS) is 10.6. The second-order valence-electron chi connectivity index (χ2n) is 4.57. The van der Waals surface area contributed by atoms with Gasteiger partial charge in [0.05, 0.1) is 0 Å². The lowest BCUT2D eigenvalue weighted by atomic mass is 10.1. The highest BCUT2D eigenvalue weighted by Gasteiger charge is 2.06. The van der Waals surface area contributed by atoms with Crippen molar-refractivity contribution < 1.29 is 0 Å². The van der Waals surface area contributed by atoms with Crippen molar-refractivity contribution in [3.63, 3.8) is 0 Å². The summed E-state index contributed by atoms with van der Waals surface area (Å²) in [5.41, 5.74) is 3.88. The molecule has 2 aromatic carbocycles. The van der Waals surface area contributed by atoms with Gasteiger partial charge < -0.3 is 4.98 Å². The number of hydrogen-bond acceptors (Lipinski definition) is 2. The summed E-state index contributed by atoms with van der Waals surface area (Å²) in [4.78, 5) is 7.53. The molecule has 0 aliphatic heterocycles. The average molecular weight is 280 g/mol. The minimum atomic E-state index is 0.945. The lowest BCUT2D eigenvalue weighted by molar-refractivity contribution is 1.27. The van der Waals surface area contributed by atoms with Crippen molar-refractivity contribution in [3.8, 4) is 11.4 Å². The number of benzene rings is 2. The van der Waals surface area contributed by atoms with E-state index in [0.717, 1.165) is 17.3 Å². The molecular formula is C17H16N2S. The molecule has 20 heavy (non-hydrogen) atoms. The SMILES string of the molecule is c1ccc(CSCc2ccccc2-c2ncc[nH]2)cc1. The summed E-state index contributed by atoms with van der Waals surface area (Å²) in [5.74, 6) is 2.97. The smallest absolute Gasteiger partial charge is 0.137 e. The highest BCUT2D eigenvalue weighted by Crippen LogP contribution is 2.25. The Morgan fingerprint density at radius 3 is 2.50 bits per heavy atom. The summed E-state index contributed by atoms with van der Waals surface area (Å²) in [6.07, 6.45) is 3.66. The zero-order chi connectivity index (χ0) is 13.6. The van der Waals surface area contributed by atoms with Crippen molar-refractivity contribution in [2.75, 3.05) is 0 Å². The van der Waals surface area contributed by atoms with Crippen LogP contribution >= 0.6 is 11.8 Å². The molecule has 0 aliphatic rings. The van der Waals surface area contributed by atoms with Crippen LogP contribution in [0.25, 0.3) is 11.4 Å². The molecule has 0 radical (unpaired) electrons. The summed E-state index contributed by atoms with van der Waals surface area (Å²) < 4.78 is 0. The van der Waals surface area contributed by atoms with Crippen LogP contribution in [0.15, 0.2) is 67.0 Å². The summed E-state index contributed by atoms with van der Waals surface area (Å²) in [7, 11) is 0. The van der Waals surface area contributed by atoms with Crippen molar-refractivity contribution >= 4 is 11.8 Å². The highest BCUT2D eigenvalue weighted by atomic mass is 32.2. The van der Waals surface area contributed by atoms with Gasteiger partial charge in [-0.05, 0) is 11.1 Å². The zero-order valence-corrected chi connectivity index (χ0v) is 11.9. The molecule has 0 saturated heterocycles. The van der Waals surface area contributed by atoms with E-state index in [9.17, 15) is 0 Å². The first-order chi connectivity index (χ1) is 9.93. The molecule has 0 saturated carbocycles. The fraction of sp³-hybridized carbons (Fsp3) is 0.118. The van der Waals surface area contributed by atoms with Crippen LogP contribution < -0.4 is 0 Å². The van der Waals surface area contributed by atoms with E-state index in [0.29, 0.717) is 0 Å². The molecule has 1 N–H and O–H groups in total. The predicted molar refractivity (Wildman–Crippen MR) is 85.5 cm³/mol. The van der Waals surface area contributed by atoms with Crippen molar-refractivity contribution in [1.82, 2.24) is 9.97 Å². The number of rotatable bonds is 5. The number of nitrogens with zero attached hydrogens (tertiary/aromatic N) is 1. The molecule has 0 spiro atoms. The molecule has 1 heterocycles. The Morgan fingerprint density at radius 1 is 0.900 bits per heavy atom. The van der Waals surface area contributed by atoms with Gasteiger partial charge in [0.25, 0.3) is 0 Å². The maximum Gasteiger partial charge on any atom is 0.137 e. The van der Waals surface area contributed by atoms with Gasteiger partial charge in [-0.25, -0.2) is 4.98 Å². The minimum Gasteiger partial charge on any atom is -0.345 e. The zero-order valence-electron chi connectivity index (χ0n) is 11.1. The standard InChI is InChI=1S/C17H16N2S/c1-2-6-14(7-3-1)12-20-13-15-8-4-5-9-16(15)17-18-10-11-19-17/h1-11H,12-13H2,(H,18,19). The number of aromatic nitrogens is 2. The molecule has 3 heteroatoms. The molecule has 0 atom stereocenters. The second kappa shape index (κ2) is 6.44. The number of hydrogen-bond donors (Lipinski definition) is 1. The van der Waals surface area contributed by atoms with Crippen molar-refractivity contribution in [3.05, 3.63) is 78.1 Å². The molecule has 3 rings (SSSR count). The topological polar surface area (TPSA) is 28.7 Å². The fourth-order valence-electron chi connectivity index (χ4n) is 2.14. The second-order valence-corrected chi connectivity index (χ2v) is 5.56. The Morgan fingerprint density at radius 2 is 1.70 bits per heavy atom. The Kier molecular flexibility index (Phi) is 4.19. The van der Waals surface area contributed by atoms with Gasteiger partial charge in [-0.15, -0.1) is 0 Å². The fourth-order valence-corrected chi connectivity index (χ4v) is 3.14. The Hall–Kier alpha value is -2.00. The Balaban J connectivity index is 1.69. The van der Waals surface area contributed by atoms with E-state index < -0.39 is 0 Å². The lowest BCUT2D eigenvalue weighted by Crippen LogP contribution is -1.90. The molecule has 0 bridgehead atoms. The maximum absolute atomic E-state index is 4.35. The molecular weight excluding hydrogens is 264 g/mol. The highest BCUT2D eigenvalue weighted by molar-refractivity contribution is 7.97. The molecule has 0 unspecified atom stereocenters. The van der Waals surface area contributed by atoms with Gasteiger partial charge in [0.1, 0.15) is 5.82 Å². The predicted octanol–water partition coefficient (Wildman–Crippen LogP) is 4.51. The average Bonchev–Trinajstić information content (AvgIpc) is 3.03. The number of nitrogens with one attached hydrogen (secondary N) is 1. The largest absolute Gasteiger partial charge is 0.345 e. The van der Waals surface area contributed by atoms with E-state index in [2.05, 4.69) is 64.6 Å². The van der Waals surface area contributed by atoms with E-state index in [1.54, 1.807) is 6.20 Å². The van der Waals surface area contributed by atoms with Gasteiger partial charge in [0, 0.05) is 29.5 Å². The third-order valence-electron chi connectivity index (χ3n) is 3.14. The summed E-state index contributed by atoms with van der Waals surface area (Å²) >= 11 is 1.93. The van der Waals surface area contributed by atoms with Gasteiger partial charge >= 0.3 is 0 Å². The first-order valence-corrected chi connectivity index (χ1v) is 7.78. The van der Waals surface area contributed by atoms with Crippen LogP contribution in [0.5, 0.6) is 0 Å². The first kappa shape index (κ1) is 13.0. The van der Waals surface area contributed by atoms with E-state index in [4.69, 9.17) is 0 Å². The lowest BCUT2D eigenvalue weighted by Gasteiger charge is -2.07.